The zero-order valence-corrected chi connectivity index (χ0v) is 11.5. The van der Waals surface area contributed by atoms with Gasteiger partial charge in [0.1, 0.15) is 17.2 Å². The van der Waals surface area contributed by atoms with Gasteiger partial charge in [-0.1, -0.05) is 0 Å². The summed E-state index contributed by atoms with van der Waals surface area (Å²) in [7, 11) is 1.19. The van der Waals surface area contributed by atoms with E-state index in [0.717, 1.165) is 6.07 Å². The molecule has 2 aromatic rings. The van der Waals surface area contributed by atoms with Crippen LogP contribution >= 0.6 is 0 Å². The highest BCUT2D eigenvalue weighted by molar-refractivity contribution is 6.09. The van der Waals surface area contributed by atoms with Crippen molar-refractivity contribution >= 4 is 17.6 Å². The second-order valence-electron chi connectivity index (χ2n) is 4.38. The first-order valence-electron chi connectivity index (χ1n) is 6.17. The molecular weight excluding hydrogens is 290 g/mol. The van der Waals surface area contributed by atoms with Crippen molar-refractivity contribution in [3.8, 4) is 17.2 Å². The number of phenolic OH excluding ortho intramolecular Hbond substituents is 3. The smallest absolute Gasteiger partial charge is 0.339 e. The number of carbonyl (C=O) groups excluding carboxylic acids is 2. The lowest BCUT2D eigenvalue weighted by molar-refractivity contribution is 0.0602. The lowest BCUT2D eigenvalue weighted by Crippen LogP contribution is -2.15. The van der Waals surface area contributed by atoms with E-state index in [4.69, 9.17) is 0 Å². The van der Waals surface area contributed by atoms with Gasteiger partial charge in [0.15, 0.2) is 0 Å². The van der Waals surface area contributed by atoms with E-state index in [1.165, 1.54) is 37.4 Å². The SMILES string of the molecule is COC(=O)c1ccc(O)cc1NC(=O)c1ccc(O)cc1O. The third-order valence-corrected chi connectivity index (χ3v) is 2.88. The molecule has 1 amide bonds. The number of anilines is 1. The molecule has 0 aliphatic rings. The van der Waals surface area contributed by atoms with Crippen LogP contribution < -0.4 is 5.32 Å². The summed E-state index contributed by atoms with van der Waals surface area (Å²) < 4.78 is 4.59. The van der Waals surface area contributed by atoms with Gasteiger partial charge in [-0.25, -0.2) is 4.79 Å². The highest BCUT2D eigenvalue weighted by atomic mass is 16.5. The Kier molecular flexibility index (Phi) is 4.17. The largest absolute Gasteiger partial charge is 0.508 e. The van der Waals surface area contributed by atoms with Gasteiger partial charge in [0.25, 0.3) is 5.91 Å². The van der Waals surface area contributed by atoms with Crippen LogP contribution in [0.15, 0.2) is 36.4 Å². The Hall–Kier alpha value is -3.22. The van der Waals surface area contributed by atoms with Gasteiger partial charge in [-0.05, 0) is 24.3 Å². The van der Waals surface area contributed by atoms with Crippen LogP contribution in [-0.4, -0.2) is 34.3 Å². The van der Waals surface area contributed by atoms with E-state index >= 15 is 0 Å². The van der Waals surface area contributed by atoms with Crippen LogP contribution in [0.25, 0.3) is 0 Å². The summed E-state index contributed by atoms with van der Waals surface area (Å²) in [4.78, 5) is 23.8. The number of carbonyl (C=O) groups is 2. The predicted molar refractivity (Wildman–Crippen MR) is 77.2 cm³/mol. The molecule has 0 atom stereocenters. The number of nitrogens with one attached hydrogen (secondary N) is 1. The minimum absolute atomic E-state index is 0.0318. The van der Waals surface area contributed by atoms with E-state index in [9.17, 15) is 24.9 Å². The number of esters is 1. The van der Waals surface area contributed by atoms with E-state index < -0.39 is 17.6 Å². The van der Waals surface area contributed by atoms with Crippen molar-refractivity contribution in [1.29, 1.82) is 0 Å². The second-order valence-corrected chi connectivity index (χ2v) is 4.38. The first kappa shape index (κ1) is 15.2. The first-order valence-corrected chi connectivity index (χ1v) is 6.17. The van der Waals surface area contributed by atoms with Crippen LogP contribution in [0.4, 0.5) is 5.69 Å². The van der Waals surface area contributed by atoms with Crippen LogP contribution in [0.5, 0.6) is 17.2 Å². The molecule has 0 saturated heterocycles. The molecular formula is C15H13NO6. The minimum atomic E-state index is -0.715. The molecule has 0 saturated carbocycles. The summed E-state index contributed by atoms with van der Waals surface area (Å²) in [6.45, 7) is 0. The van der Waals surface area contributed by atoms with Gasteiger partial charge < -0.3 is 25.4 Å². The van der Waals surface area contributed by atoms with E-state index in [0.29, 0.717) is 0 Å². The van der Waals surface area contributed by atoms with Gasteiger partial charge in [0.2, 0.25) is 0 Å². The first-order chi connectivity index (χ1) is 10.4. The molecule has 0 aliphatic carbocycles. The van der Waals surface area contributed by atoms with Crippen molar-refractivity contribution in [1.82, 2.24) is 0 Å². The zero-order chi connectivity index (χ0) is 16.3. The maximum Gasteiger partial charge on any atom is 0.339 e. The molecule has 0 fully saturated rings. The number of phenols is 3. The van der Waals surface area contributed by atoms with Gasteiger partial charge in [-0.15, -0.1) is 0 Å². The normalized spacial score (nSPS) is 10.0. The quantitative estimate of drug-likeness (QED) is 0.643. The fourth-order valence-electron chi connectivity index (χ4n) is 1.83. The van der Waals surface area contributed by atoms with E-state index in [1.807, 2.05) is 0 Å². The molecule has 0 aliphatic heterocycles. The summed E-state index contributed by atoms with van der Waals surface area (Å²) in [5.74, 6) is -2.17. The molecule has 22 heavy (non-hydrogen) atoms. The number of benzene rings is 2. The fraction of sp³-hybridized carbons (Fsp3) is 0.0667. The molecule has 0 bridgehead atoms. The summed E-state index contributed by atoms with van der Waals surface area (Å²) in [6.07, 6.45) is 0. The lowest BCUT2D eigenvalue weighted by atomic mass is 10.1. The zero-order valence-electron chi connectivity index (χ0n) is 11.5. The number of rotatable bonds is 3. The maximum absolute atomic E-state index is 12.1. The molecule has 2 rings (SSSR count). The third kappa shape index (κ3) is 3.09. The molecule has 4 N–H and O–H groups in total. The molecule has 0 radical (unpaired) electrons. The molecule has 7 heteroatoms. The standard InChI is InChI=1S/C15H13NO6/c1-22-15(21)10-4-2-8(17)6-12(10)16-14(20)11-5-3-9(18)7-13(11)19/h2-7,17-19H,1H3,(H,16,20). The molecule has 114 valence electrons. The Bertz CT molecular complexity index is 741. The number of aromatic hydroxyl groups is 3. The summed E-state index contributed by atoms with van der Waals surface area (Å²) in [5, 5.41) is 30.7. The molecule has 0 heterocycles. The van der Waals surface area contributed by atoms with Gasteiger partial charge in [0, 0.05) is 12.1 Å². The van der Waals surface area contributed by atoms with Crippen LogP contribution in [-0.2, 0) is 4.74 Å². The van der Waals surface area contributed by atoms with Crippen molar-refractivity contribution in [2.45, 2.75) is 0 Å². The molecule has 0 aromatic heterocycles. The minimum Gasteiger partial charge on any atom is -0.508 e. The van der Waals surface area contributed by atoms with Crippen LogP contribution in [0, 0.1) is 0 Å². The average Bonchev–Trinajstić information content (AvgIpc) is 2.46. The molecule has 2 aromatic carbocycles. The number of hydrogen-bond donors (Lipinski definition) is 4. The Balaban J connectivity index is 2.35. The number of hydrogen-bond acceptors (Lipinski definition) is 6. The monoisotopic (exact) mass is 303 g/mol. The summed E-state index contributed by atoms with van der Waals surface area (Å²) >= 11 is 0. The van der Waals surface area contributed by atoms with E-state index in [2.05, 4.69) is 10.1 Å². The van der Waals surface area contributed by atoms with E-state index in [1.54, 1.807) is 0 Å². The predicted octanol–water partition coefficient (Wildman–Crippen LogP) is 1.84. The second kappa shape index (κ2) is 6.04. The molecule has 0 spiro atoms. The van der Waals surface area contributed by atoms with Crippen molar-refractivity contribution in [3.05, 3.63) is 47.5 Å². The van der Waals surface area contributed by atoms with Crippen LogP contribution in [0.3, 0.4) is 0 Å². The van der Waals surface area contributed by atoms with Crippen molar-refractivity contribution in [2.24, 2.45) is 0 Å². The average molecular weight is 303 g/mol. The third-order valence-electron chi connectivity index (χ3n) is 2.88. The Morgan fingerprint density at radius 3 is 2.14 bits per heavy atom. The highest BCUT2D eigenvalue weighted by Gasteiger charge is 2.17. The topological polar surface area (TPSA) is 116 Å². The van der Waals surface area contributed by atoms with Crippen LogP contribution in [0.2, 0.25) is 0 Å². The van der Waals surface area contributed by atoms with Crippen molar-refractivity contribution in [3.63, 3.8) is 0 Å². The molecule has 0 unspecified atom stereocenters. The van der Waals surface area contributed by atoms with Gasteiger partial charge >= 0.3 is 5.97 Å². The van der Waals surface area contributed by atoms with Crippen LogP contribution in [0.1, 0.15) is 20.7 Å². The number of methoxy groups -OCH3 is 1. The number of amides is 1. The maximum atomic E-state index is 12.1. The fourth-order valence-corrected chi connectivity index (χ4v) is 1.83. The highest BCUT2D eigenvalue weighted by Crippen LogP contribution is 2.26. The van der Waals surface area contributed by atoms with Gasteiger partial charge in [0.05, 0.1) is 23.9 Å². The Morgan fingerprint density at radius 2 is 1.55 bits per heavy atom. The van der Waals surface area contributed by atoms with Crippen molar-refractivity contribution < 1.29 is 29.6 Å². The van der Waals surface area contributed by atoms with Crippen molar-refractivity contribution in [2.75, 3.05) is 12.4 Å². The summed E-state index contributed by atoms with van der Waals surface area (Å²) in [5.41, 5.74) is -0.0202. The van der Waals surface area contributed by atoms with Gasteiger partial charge in [-0.2, -0.15) is 0 Å². The van der Waals surface area contributed by atoms with E-state index in [-0.39, 0.29) is 28.3 Å². The van der Waals surface area contributed by atoms with Gasteiger partial charge in [-0.3, -0.25) is 4.79 Å². The Labute approximate surface area is 125 Å². The lowest BCUT2D eigenvalue weighted by Gasteiger charge is -2.11. The number of ether oxygens (including phenoxy) is 1. The summed E-state index contributed by atoms with van der Waals surface area (Å²) in [6, 6.07) is 7.23. The Morgan fingerprint density at radius 1 is 0.955 bits per heavy atom. The molecule has 7 nitrogen and oxygen atoms in total.